The largest absolute Gasteiger partial charge is 0.497 e. The van der Waals surface area contributed by atoms with Crippen molar-refractivity contribution >= 4 is 35.6 Å². The number of halogens is 1. The number of nitrogens with zero attached hydrogens (tertiary/aromatic N) is 3. The Bertz CT molecular complexity index is 679. The fraction of sp³-hybridized carbons (Fsp3) is 0.682. The number of ether oxygens (including phenoxy) is 2. The molecule has 3 rings (SSSR count). The molecule has 0 saturated carbocycles. The van der Waals surface area contributed by atoms with Gasteiger partial charge >= 0.3 is 0 Å². The van der Waals surface area contributed by atoms with Gasteiger partial charge in [0.05, 0.1) is 20.3 Å². The van der Waals surface area contributed by atoms with Crippen LogP contribution in [0.1, 0.15) is 20.3 Å². The van der Waals surface area contributed by atoms with Crippen molar-refractivity contribution in [2.45, 2.75) is 25.8 Å². The van der Waals surface area contributed by atoms with Crippen molar-refractivity contribution in [1.82, 2.24) is 15.5 Å². The highest BCUT2D eigenvalue weighted by atomic mass is 127. The molecule has 2 fully saturated rings. The Kier molecular flexibility index (Phi) is 9.96. The Labute approximate surface area is 198 Å². The van der Waals surface area contributed by atoms with Gasteiger partial charge in [-0.1, -0.05) is 6.07 Å². The van der Waals surface area contributed by atoms with Crippen LogP contribution < -0.4 is 20.3 Å². The van der Waals surface area contributed by atoms with E-state index in [9.17, 15) is 0 Å². The smallest absolute Gasteiger partial charge is 0.191 e. The average molecular weight is 531 g/mol. The number of hydrogen-bond donors (Lipinski definition) is 2. The maximum atomic E-state index is 5.48. The number of aliphatic imine (C=N–C) groups is 1. The fourth-order valence-corrected chi connectivity index (χ4v) is 4.08. The number of hydrogen-bond acceptors (Lipinski definition) is 5. The molecule has 0 bridgehead atoms. The third kappa shape index (κ3) is 6.88. The van der Waals surface area contributed by atoms with Crippen LogP contribution in [0.5, 0.6) is 5.75 Å². The topological polar surface area (TPSA) is 61.4 Å². The highest BCUT2D eigenvalue weighted by Gasteiger charge is 2.28. The molecule has 8 heteroatoms. The Morgan fingerprint density at radius 1 is 1.23 bits per heavy atom. The van der Waals surface area contributed by atoms with E-state index in [1.807, 2.05) is 13.1 Å². The number of methoxy groups -OCH3 is 1. The summed E-state index contributed by atoms with van der Waals surface area (Å²) in [6.07, 6.45) is 1.18. The normalized spacial score (nSPS) is 20.6. The van der Waals surface area contributed by atoms with Crippen LogP contribution in [0.3, 0.4) is 0 Å². The first-order valence-corrected chi connectivity index (χ1v) is 10.7. The summed E-state index contributed by atoms with van der Waals surface area (Å²) in [5, 5.41) is 7.04. The lowest BCUT2D eigenvalue weighted by molar-refractivity contribution is -0.00834. The summed E-state index contributed by atoms with van der Waals surface area (Å²) < 4.78 is 10.8. The van der Waals surface area contributed by atoms with E-state index in [1.165, 1.54) is 12.1 Å². The van der Waals surface area contributed by atoms with Crippen molar-refractivity contribution in [3.8, 4) is 5.75 Å². The van der Waals surface area contributed by atoms with Gasteiger partial charge in [0, 0.05) is 63.6 Å². The molecule has 2 N–H and O–H groups in total. The van der Waals surface area contributed by atoms with Crippen molar-refractivity contribution in [1.29, 1.82) is 0 Å². The van der Waals surface area contributed by atoms with Crippen LogP contribution in [0.4, 0.5) is 5.69 Å². The van der Waals surface area contributed by atoms with Crippen LogP contribution in [0, 0.1) is 5.92 Å². The summed E-state index contributed by atoms with van der Waals surface area (Å²) >= 11 is 0. The number of anilines is 1. The molecule has 0 radical (unpaired) electrons. The van der Waals surface area contributed by atoms with Gasteiger partial charge in [-0.3, -0.25) is 9.89 Å². The Hall–Kier alpha value is -1.26. The molecule has 0 amide bonds. The lowest BCUT2D eigenvalue weighted by Gasteiger charge is -2.41. The zero-order valence-electron chi connectivity index (χ0n) is 18.8. The van der Waals surface area contributed by atoms with Gasteiger partial charge in [0.25, 0.3) is 0 Å². The maximum Gasteiger partial charge on any atom is 0.191 e. The summed E-state index contributed by atoms with van der Waals surface area (Å²) in [5.74, 6) is 2.40. The third-order valence-electron chi connectivity index (χ3n) is 6.04. The van der Waals surface area contributed by atoms with Crippen molar-refractivity contribution < 1.29 is 9.47 Å². The average Bonchev–Trinajstić information content (AvgIpc) is 3.23. The molecular weight excluding hydrogens is 493 g/mol. The number of nitrogens with one attached hydrogen (secondary N) is 2. The Morgan fingerprint density at radius 2 is 2.00 bits per heavy atom. The van der Waals surface area contributed by atoms with Crippen LogP contribution in [0.25, 0.3) is 0 Å². The SMILES string of the molecule is CN=C(NCC1CCN(c2cccc(OC)c2)C1)NCC(C)(C)N1CCOCC1.I. The van der Waals surface area contributed by atoms with Crippen LogP contribution in [0.2, 0.25) is 0 Å². The molecule has 0 aromatic heterocycles. The zero-order valence-corrected chi connectivity index (χ0v) is 21.1. The van der Waals surface area contributed by atoms with E-state index in [4.69, 9.17) is 9.47 Å². The second-order valence-corrected chi connectivity index (χ2v) is 8.52. The van der Waals surface area contributed by atoms with Gasteiger partial charge in [0.1, 0.15) is 5.75 Å². The lowest BCUT2D eigenvalue weighted by atomic mass is 10.0. The third-order valence-corrected chi connectivity index (χ3v) is 6.04. The zero-order chi connectivity index (χ0) is 20.7. The predicted molar refractivity (Wildman–Crippen MR) is 135 cm³/mol. The summed E-state index contributed by atoms with van der Waals surface area (Å²) in [5.41, 5.74) is 1.30. The molecule has 0 spiro atoms. The second-order valence-electron chi connectivity index (χ2n) is 8.52. The van der Waals surface area contributed by atoms with Gasteiger partial charge < -0.3 is 25.0 Å². The van der Waals surface area contributed by atoms with Crippen LogP contribution in [-0.2, 0) is 4.74 Å². The number of morpholine rings is 1. The van der Waals surface area contributed by atoms with E-state index in [0.717, 1.165) is 64.2 Å². The summed E-state index contributed by atoms with van der Waals surface area (Å²) in [7, 11) is 3.56. The standard InChI is InChI=1S/C22H37N5O2.HI/c1-22(2,27-10-12-29-13-11-27)17-25-21(23-3)24-15-18-8-9-26(16-18)19-6-5-7-20(14-19)28-4;/h5-7,14,18H,8-13,15-17H2,1-4H3,(H2,23,24,25);1H. The van der Waals surface area contributed by atoms with Gasteiger partial charge in [0.2, 0.25) is 0 Å². The number of guanidine groups is 1. The van der Waals surface area contributed by atoms with Crippen molar-refractivity contribution in [3.63, 3.8) is 0 Å². The molecule has 2 aliphatic heterocycles. The second kappa shape index (κ2) is 12.0. The van der Waals surface area contributed by atoms with Gasteiger partial charge in [-0.15, -0.1) is 24.0 Å². The molecule has 7 nitrogen and oxygen atoms in total. The van der Waals surface area contributed by atoms with Crippen LogP contribution >= 0.6 is 24.0 Å². The molecule has 1 aromatic rings. The van der Waals surface area contributed by atoms with Gasteiger partial charge in [-0.05, 0) is 38.3 Å². The van der Waals surface area contributed by atoms with E-state index in [-0.39, 0.29) is 29.5 Å². The fourth-order valence-electron chi connectivity index (χ4n) is 4.08. The first-order valence-electron chi connectivity index (χ1n) is 10.7. The molecule has 1 aromatic carbocycles. The minimum absolute atomic E-state index is 0. The van der Waals surface area contributed by atoms with E-state index in [0.29, 0.717) is 5.92 Å². The van der Waals surface area contributed by atoms with Crippen molar-refractivity contribution in [2.24, 2.45) is 10.9 Å². The van der Waals surface area contributed by atoms with E-state index < -0.39 is 0 Å². The molecule has 2 saturated heterocycles. The molecule has 2 aliphatic rings. The summed E-state index contributed by atoms with van der Waals surface area (Å²) in [6, 6.07) is 8.32. The first kappa shape index (κ1) is 25.0. The molecule has 1 atom stereocenters. The monoisotopic (exact) mass is 531 g/mol. The molecule has 170 valence electrons. The van der Waals surface area contributed by atoms with E-state index >= 15 is 0 Å². The van der Waals surface area contributed by atoms with Gasteiger partial charge in [0.15, 0.2) is 5.96 Å². The molecular formula is C22H38IN5O2. The Balaban J connectivity index is 0.00000320. The molecule has 30 heavy (non-hydrogen) atoms. The molecule has 1 unspecified atom stereocenters. The lowest BCUT2D eigenvalue weighted by Crippen LogP contribution is -2.56. The Morgan fingerprint density at radius 3 is 2.70 bits per heavy atom. The van der Waals surface area contributed by atoms with E-state index in [1.54, 1.807) is 7.11 Å². The van der Waals surface area contributed by atoms with Crippen LogP contribution in [-0.4, -0.2) is 83.0 Å². The minimum atomic E-state index is 0. The summed E-state index contributed by atoms with van der Waals surface area (Å²) in [6.45, 7) is 12.1. The maximum absolute atomic E-state index is 5.48. The van der Waals surface area contributed by atoms with Crippen molar-refractivity contribution in [3.05, 3.63) is 24.3 Å². The molecule has 2 heterocycles. The van der Waals surface area contributed by atoms with Crippen molar-refractivity contribution in [2.75, 3.05) is 71.5 Å². The minimum Gasteiger partial charge on any atom is -0.497 e. The molecule has 0 aliphatic carbocycles. The van der Waals surface area contributed by atoms with Gasteiger partial charge in [-0.25, -0.2) is 0 Å². The predicted octanol–water partition coefficient (Wildman–Crippen LogP) is 2.42. The van der Waals surface area contributed by atoms with Gasteiger partial charge in [-0.2, -0.15) is 0 Å². The first-order chi connectivity index (χ1) is 14.0. The van der Waals surface area contributed by atoms with E-state index in [2.05, 4.69) is 57.5 Å². The highest BCUT2D eigenvalue weighted by Crippen LogP contribution is 2.26. The highest BCUT2D eigenvalue weighted by molar-refractivity contribution is 14.0. The van der Waals surface area contributed by atoms with Crippen LogP contribution in [0.15, 0.2) is 29.3 Å². The number of benzene rings is 1. The number of rotatable bonds is 7. The summed E-state index contributed by atoms with van der Waals surface area (Å²) in [4.78, 5) is 9.34. The quantitative estimate of drug-likeness (QED) is 0.320.